The summed E-state index contributed by atoms with van der Waals surface area (Å²) in [5.41, 5.74) is 5.96. The number of aliphatic hydroxyl groups excluding tert-OH is 1. The molecule has 0 bridgehead atoms. The van der Waals surface area contributed by atoms with E-state index in [2.05, 4.69) is 65.2 Å². The molecule has 0 aromatic heterocycles. The smallest absolute Gasteiger partial charge is 0.254 e. The van der Waals surface area contributed by atoms with Gasteiger partial charge in [-0.25, -0.2) is 0 Å². The van der Waals surface area contributed by atoms with Crippen molar-refractivity contribution in [2.24, 2.45) is 0 Å². The van der Waals surface area contributed by atoms with Gasteiger partial charge in [-0.3, -0.25) is 9.69 Å². The standard InChI is InChI=1S/C28H38N4O2/c1-29(2)24-11-15-31(16-12-24)25-7-8-27-22(17-25)10-14-32(28(27)34)20-26(33)19-30-13-9-21-5-3-4-6-23(21)18-30/h3-8,17,24,26,33H,9-16,18-20H2,1-2H3/t26-/m1/s1. The maximum absolute atomic E-state index is 13.2. The molecule has 2 aromatic carbocycles. The van der Waals surface area contributed by atoms with E-state index in [4.69, 9.17) is 0 Å². The molecule has 3 aliphatic rings. The van der Waals surface area contributed by atoms with Crippen LogP contribution in [-0.2, 0) is 19.4 Å². The van der Waals surface area contributed by atoms with Gasteiger partial charge >= 0.3 is 0 Å². The molecule has 1 N–H and O–H groups in total. The zero-order chi connectivity index (χ0) is 23.7. The third-order valence-corrected chi connectivity index (χ3v) is 7.93. The highest BCUT2D eigenvalue weighted by Crippen LogP contribution is 2.28. The van der Waals surface area contributed by atoms with Crippen LogP contribution in [0.2, 0.25) is 0 Å². The Morgan fingerprint density at radius 1 is 0.941 bits per heavy atom. The summed E-state index contributed by atoms with van der Waals surface area (Å²) in [4.78, 5) is 22.1. The normalized spacial score (nSPS) is 20.4. The van der Waals surface area contributed by atoms with Crippen LogP contribution in [0.3, 0.4) is 0 Å². The number of anilines is 1. The largest absolute Gasteiger partial charge is 0.390 e. The first-order chi connectivity index (χ1) is 16.5. The van der Waals surface area contributed by atoms with Crippen LogP contribution in [0.4, 0.5) is 5.69 Å². The number of piperidine rings is 1. The van der Waals surface area contributed by atoms with E-state index >= 15 is 0 Å². The zero-order valence-electron chi connectivity index (χ0n) is 20.6. The SMILES string of the molecule is CN(C)C1CCN(c2ccc3c(c2)CCN(C[C@H](O)CN2CCc4ccccc4C2)C3=O)CC1. The predicted molar refractivity (Wildman–Crippen MR) is 136 cm³/mol. The van der Waals surface area contributed by atoms with Crippen molar-refractivity contribution in [1.82, 2.24) is 14.7 Å². The second kappa shape index (κ2) is 10.1. The van der Waals surface area contributed by atoms with Gasteiger partial charge in [-0.05, 0) is 74.7 Å². The lowest BCUT2D eigenvalue weighted by Gasteiger charge is -2.37. The Balaban J connectivity index is 1.17. The molecule has 0 radical (unpaired) electrons. The quantitative estimate of drug-likeness (QED) is 0.715. The van der Waals surface area contributed by atoms with E-state index in [1.54, 1.807) is 0 Å². The van der Waals surface area contributed by atoms with Gasteiger partial charge in [0.15, 0.2) is 0 Å². The van der Waals surface area contributed by atoms with Gasteiger partial charge in [-0.15, -0.1) is 0 Å². The molecule has 1 amide bonds. The molecule has 0 saturated carbocycles. The molecule has 1 saturated heterocycles. The fourth-order valence-corrected chi connectivity index (χ4v) is 5.85. The van der Waals surface area contributed by atoms with E-state index in [9.17, 15) is 9.90 Å². The summed E-state index contributed by atoms with van der Waals surface area (Å²) in [6.07, 6.45) is 3.70. The molecule has 0 unspecified atom stereocenters. The molecule has 1 fully saturated rings. The average molecular weight is 463 g/mol. The van der Waals surface area contributed by atoms with Gasteiger partial charge in [0.25, 0.3) is 5.91 Å². The zero-order valence-corrected chi connectivity index (χ0v) is 20.6. The number of fused-ring (bicyclic) bond motifs is 2. The van der Waals surface area contributed by atoms with Crippen LogP contribution in [0.5, 0.6) is 0 Å². The summed E-state index contributed by atoms with van der Waals surface area (Å²) < 4.78 is 0. The number of hydrogen-bond acceptors (Lipinski definition) is 5. The van der Waals surface area contributed by atoms with Gasteiger partial charge in [-0.2, -0.15) is 0 Å². The number of carbonyl (C=O) groups is 1. The lowest BCUT2D eigenvalue weighted by atomic mass is 9.96. The van der Waals surface area contributed by atoms with Gasteiger partial charge in [-0.1, -0.05) is 24.3 Å². The molecule has 5 rings (SSSR count). The molecule has 3 heterocycles. The average Bonchev–Trinajstić information content (AvgIpc) is 2.85. The van der Waals surface area contributed by atoms with E-state index in [1.807, 2.05) is 11.0 Å². The van der Waals surface area contributed by atoms with Gasteiger partial charge in [0.05, 0.1) is 6.10 Å². The fourth-order valence-electron chi connectivity index (χ4n) is 5.85. The number of β-amino-alcohol motifs (C(OH)–C–C–N with tert-alkyl or cyclic N) is 1. The van der Waals surface area contributed by atoms with E-state index < -0.39 is 6.10 Å². The van der Waals surface area contributed by atoms with Crippen LogP contribution in [0.25, 0.3) is 0 Å². The summed E-state index contributed by atoms with van der Waals surface area (Å²) in [7, 11) is 4.33. The van der Waals surface area contributed by atoms with Gasteiger partial charge < -0.3 is 19.8 Å². The minimum absolute atomic E-state index is 0.0576. The number of amides is 1. The Hall–Kier alpha value is -2.41. The summed E-state index contributed by atoms with van der Waals surface area (Å²) in [5.74, 6) is 0.0576. The van der Waals surface area contributed by atoms with Crippen LogP contribution < -0.4 is 4.90 Å². The van der Waals surface area contributed by atoms with Crippen molar-refractivity contribution in [2.75, 3.05) is 58.3 Å². The molecular weight excluding hydrogens is 424 g/mol. The van der Waals surface area contributed by atoms with Crippen LogP contribution in [0.1, 0.15) is 39.9 Å². The summed E-state index contributed by atoms with van der Waals surface area (Å²) in [5, 5.41) is 10.8. The van der Waals surface area contributed by atoms with E-state index in [0.29, 0.717) is 25.7 Å². The molecule has 182 valence electrons. The van der Waals surface area contributed by atoms with Crippen LogP contribution >= 0.6 is 0 Å². The highest BCUT2D eigenvalue weighted by molar-refractivity contribution is 5.97. The highest BCUT2D eigenvalue weighted by atomic mass is 16.3. The van der Waals surface area contributed by atoms with E-state index in [-0.39, 0.29) is 5.91 Å². The Bertz CT molecular complexity index is 1020. The Morgan fingerprint density at radius 2 is 1.68 bits per heavy atom. The molecule has 6 heteroatoms. The topological polar surface area (TPSA) is 50.3 Å². The predicted octanol–water partition coefficient (Wildman–Crippen LogP) is 2.63. The van der Waals surface area contributed by atoms with Crippen molar-refractivity contribution in [2.45, 2.75) is 44.4 Å². The summed E-state index contributed by atoms with van der Waals surface area (Å²) in [6.45, 7) is 5.64. The molecule has 1 atom stereocenters. The molecule has 3 aliphatic heterocycles. The summed E-state index contributed by atoms with van der Waals surface area (Å²) >= 11 is 0. The Morgan fingerprint density at radius 3 is 2.44 bits per heavy atom. The maximum Gasteiger partial charge on any atom is 0.254 e. The first-order valence-corrected chi connectivity index (χ1v) is 12.8. The lowest BCUT2D eigenvalue weighted by Crippen LogP contribution is -2.46. The first kappa shape index (κ1) is 23.3. The van der Waals surface area contributed by atoms with Crippen LogP contribution in [-0.4, -0.2) is 91.2 Å². The van der Waals surface area contributed by atoms with Crippen molar-refractivity contribution >= 4 is 11.6 Å². The maximum atomic E-state index is 13.2. The second-order valence-electron chi connectivity index (χ2n) is 10.4. The molecule has 0 aliphatic carbocycles. The summed E-state index contributed by atoms with van der Waals surface area (Å²) in [6, 6.07) is 15.6. The van der Waals surface area contributed by atoms with Gasteiger partial charge in [0, 0.05) is 63.1 Å². The Kier molecular flexibility index (Phi) is 6.91. The second-order valence-corrected chi connectivity index (χ2v) is 10.4. The molecular formula is C28H38N4O2. The van der Waals surface area contributed by atoms with Crippen molar-refractivity contribution < 1.29 is 9.90 Å². The number of benzene rings is 2. The van der Waals surface area contributed by atoms with Crippen molar-refractivity contribution in [3.8, 4) is 0 Å². The first-order valence-electron chi connectivity index (χ1n) is 12.8. The number of hydrogen-bond donors (Lipinski definition) is 1. The van der Waals surface area contributed by atoms with Gasteiger partial charge in [0.2, 0.25) is 0 Å². The minimum atomic E-state index is -0.534. The number of rotatable bonds is 6. The monoisotopic (exact) mass is 462 g/mol. The van der Waals surface area contributed by atoms with Gasteiger partial charge in [0.1, 0.15) is 0 Å². The van der Waals surface area contributed by atoms with Crippen molar-refractivity contribution in [3.05, 3.63) is 64.7 Å². The molecule has 34 heavy (non-hydrogen) atoms. The van der Waals surface area contributed by atoms with E-state index in [0.717, 1.165) is 50.1 Å². The number of aliphatic hydroxyl groups is 1. The number of nitrogens with zero attached hydrogens (tertiary/aromatic N) is 4. The van der Waals surface area contributed by atoms with E-state index in [1.165, 1.54) is 29.7 Å². The van der Waals surface area contributed by atoms with Crippen LogP contribution in [0.15, 0.2) is 42.5 Å². The number of carbonyl (C=O) groups excluding carboxylic acids is 1. The third kappa shape index (κ3) is 4.99. The highest BCUT2D eigenvalue weighted by Gasteiger charge is 2.28. The van der Waals surface area contributed by atoms with Crippen molar-refractivity contribution in [1.29, 1.82) is 0 Å². The fraction of sp³-hybridized carbons (Fsp3) is 0.536. The molecule has 6 nitrogen and oxygen atoms in total. The van der Waals surface area contributed by atoms with Crippen molar-refractivity contribution in [3.63, 3.8) is 0 Å². The Labute approximate surface area is 203 Å². The molecule has 2 aromatic rings. The third-order valence-electron chi connectivity index (χ3n) is 7.93. The minimum Gasteiger partial charge on any atom is -0.390 e. The molecule has 0 spiro atoms. The lowest BCUT2D eigenvalue weighted by molar-refractivity contribution is 0.0493. The van der Waals surface area contributed by atoms with Crippen LogP contribution in [0, 0.1) is 0 Å².